The first-order valence-corrected chi connectivity index (χ1v) is 10.1. The first-order chi connectivity index (χ1) is 14.4. The maximum Gasteiger partial charge on any atom is 0.318 e. The van der Waals surface area contributed by atoms with Gasteiger partial charge in [-0.25, -0.2) is 4.98 Å². The number of H-pyrrole nitrogens is 1. The Bertz CT molecular complexity index is 1140. The molecule has 1 amide bonds. The molecule has 1 heterocycles. The molecular weight excluding hydrogens is 402 g/mol. The van der Waals surface area contributed by atoms with Gasteiger partial charge in [-0.2, -0.15) is 0 Å². The first kappa shape index (κ1) is 21.3. The van der Waals surface area contributed by atoms with Crippen LogP contribution in [0.5, 0.6) is 0 Å². The minimum atomic E-state index is -0.448. The first-order valence-electron chi connectivity index (χ1n) is 9.20. The van der Waals surface area contributed by atoms with E-state index in [4.69, 9.17) is 4.74 Å². The van der Waals surface area contributed by atoms with Crippen molar-refractivity contribution in [3.63, 3.8) is 0 Å². The Morgan fingerprint density at radius 2 is 1.90 bits per heavy atom. The van der Waals surface area contributed by atoms with Gasteiger partial charge < -0.3 is 15.0 Å². The lowest BCUT2D eigenvalue weighted by atomic mass is 10.1. The molecule has 2 aromatic carbocycles. The van der Waals surface area contributed by atoms with Crippen LogP contribution in [0.15, 0.2) is 64.3 Å². The third-order valence-electron chi connectivity index (χ3n) is 4.23. The predicted molar refractivity (Wildman–Crippen MR) is 117 cm³/mol. The summed E-state index contributed by atoms with van der Waals surface area (Å²) in [5.74, 6) is -0.237. The summed E-state index contributed by atoms with van der Waals surface area (Å²) in [7, 11) is 1.33. The summed E-state index contributed by atoms with van der Waals surface area (Å²) >= 11 is 1.26. The number of nitrogens with one attached hydrogen (secondary N) is 2. The van der Waals surface area contributed by atoms with Crippen LogP contribution in [-0.4, -0.2) is 34.2 Å². The van der Waals surface area contributed by atoms with Crippen LogP contribution in [0.1, 0.15) is 23.0 Å². The van der Waals surface area contributed by atoms with Crippen LogP contribution in [-0.2, 0) is 9.53 Å². The maximum atomic E-state index is 12.9. The zero-order chi connectivity index (χ0) is 21.7. The summed E-state index contributed by atoms with van der Waals surface area (Å²) in [6.45, 7) is 3.47. The number of carbonyl (C=O) groups is 2. The summed E-state index contributed by atoms with van der Waals surface area (Å²) < 4.78 is 4.76. The Morgan fingerprint density at radius 3 is 2.63 bits per heavy atom. The molecule has 3 aromatic rings. The molecular formula is C22H21N3O4S. The summed E-state index contributed by atoms with van der Waals surface area (Å²) in [6.07, 6.45) is 0. The fourth-order valence-corrected chi connectivity index (χ4v) is 3.84. The molecule has 0 aliphatic heterocycles. The number of thioether (sulfide) groups is 1. The number of rotatable bonds is 6. The third kappa shape index (κ3) is 5.15. The molecule has 0 aliphatic rings. The number of ether oxygens (including phenoxy) is 1. The number of aromatic nitrogens is 2. The second-order valence-electron chi connectivity index (χ2n) is 6.55. The van der Waals surface area contributed by atoms with Crippen molar-refractivity contribution in [3.8, 4) is 11.4 Å². The molecule has 30 heavy (non-hydrogen) atoms. The number of esters is 1. The SMILES string of the molecule is COC(=O)C(C)Sc1ccccc1C(=O)Nc1cccc(-c2nc(C)cc(=O)[nH]2)c1. The van der Waals surface area contributed by atoms with Gasteiger partial charge in [-0.3, -0.25) is 14.4 Å². The van der Waals surface area contributed by atoms with Crippen LogP contribution in [0.25, 0.3) is 11.4 Å². The summed E-state index contributed by atoms with van der Waals surface area (Å²) in [5.41, 5.74) is 2.05. The molecule has 0 bridgehead atoms. The van der Waals surface area contributed by atoms with E-state index in [1.165, 1.54) is 24.9 Å². The van der Waals surface area contributed by atoms with E-state index < -0.39 is 5.25 Å². The molecule has 0 radical (unpaired) electrons. The van der Waals surface area contributed by atoms with Crippen molar-refractivity contribution < 1.29 is 14.3 Å². The van der Waals surface area contributed by atoms with Gasteiger partial charge in [-0.1, -0.05) is 24.3 Å². The number of nitrogens with zero attached hydrogens (tertiary/aromatic N) is 1. The molecule has 7 nitrogen and oxygen atoms in total. The van der Waals surface area contributed by atoms with E-state index in [1.54, 1.807) is 56.3 Å². The van der Waals surface area contributed by atoms with Gasteiger partial charge in [0.2, 0.25) is 0 Å². The van der Waals surface area contributed by atoms with Crippen molar-refractivity contribution in [3.05, 3.63) is 76.2 Å². The van der Waals surface area contributed by atoms with Crippen molar-refractivity contribution in [2.45, 2.75) is 24.0 Å². The Kier molecular flexibility index (Phi) is 6.68. The van der Waals surface area contributed by atoms with Gasteiger partial charge >= 0.3 is 5.97 Å². The molecule has 3 rings (SSSR count). The Labute approximate surface area is 177 Å². The Balaban J connectivity index is 1.83. The minimum absolute atomic E-state index is 0.238. The average Bonchev–Trinajstić information content (AvgIpc) is 2.73. The molecule has 0 saturated carbocycles. The molecule has 2 N–H and O–H groups in total. The number of anilines is 1. The van der Waals surface area contributed by atoms with Gasteiger partial charge in [0.15, 0.2) is 0 Å². The zero-order valence-corrected chi connectivity index (χ0v) is 17.6. The molecule has 0 aliphatic carbocycles. The largest absolute Gasteiger partial charge is 0.468 e. The number of aromatic amines is 1. The monoisotopic (exact) mass is 423 g/mol. The van der Waals surface area contributed by atoms with E-state index >= 15 is 0 Å². The lowest BCUT2D eigenvalue weighted by molar-refractivity contribution is -0.139. The van der Waals surface area contributed by atoms with Crippen molar-refractivity contribution >= 4 is 29.3 Å². The quantitative estimate of drug-likeness (QED) is 0.464. The lowest BCUT2D eigenvalue weighted by Crippen LogP contribution is -2.17. The minimum Gasteiger partial charge on any atom is -0.468 e. The molecule has 1 unspecified atom stereocenters. The third-order valence-corrected chi connectivity index (χ3v) is 5.39. The molecule has 1 atom stereocenters. The van der Waals surface area contributed by atoms with Crippen molar-refractivity contribution in [2.24, 2.45) is 0 Å². The Morgan fingerprint density at radius 1 is 1.13 bits per heavy atom. The number of benzene rings is 2. The van der Waals surface area contributed by atoms with Gasteiger partial charge in [0.05, 0.1) is 12.7 Å². The summed E-state index contributed by atoms with van der Waals surface area (Å²) in [4.78, 5) is 44.1. The van der Waals surface area contributed by atoms with Gasteiger partial charge in [-0.05, 0) is 38.1 Å². The van der Waals surface area contributed by atoms with E-state index in [0.717, 1.165) is 0 Å². The number of hydrogen-bond acceptors (Lipinski definition) is 6. The van der Waals surface area contributed by atoms with Crippen molar-refractivity contribution in [2.75, 3.05) is 12.4 Å². The fourth-order valence-electron chi connectivity index (χ4n) is 2.82. The molecule has 8 heteroatoms. The zero-order valence-electron chi connectivity index (χ0n) is 16.8. The highest BCUT2D eigenvalue weighted by molar-refractivity contribution is 8.00. The summed E-state index contributed by atoms with van der Waals surface area (Å²) in [6, 6.07) is 15.5. The van der Waals surface area contributed by atoms with E-state index in [9.17, 15) is 14.4 Å². The molecule has 154 valence electrons. The topological polar surface area (TPSA) is 101 Å². The molecule has 1 aromatic heterocycles. The van der Waals surface area contributed by atoms with Crippen LogP contribution < -0.4 is 10.9 Å². The molecule has 0 saturated heterocycles. The van der Waals surface area contributed by atoms with E-state index in [1.807, 2.05) is 6.07 Å². The van der Waals surface area contributed by atoms with Crippen molar-refractivity contribution in [1.29, 1.82) is 0 Å². The van der Waals surface area contributed by atoms with Crippen LogP contribution in [0.3, 0.4) is 0 Å². The second kappa shape index (κ2) is 9.41. The fraction of sp³-hybridized carbons (Fsp3) is 0.182. The Hall–Kier alpha value is -3.39. The van der Waals surface area contributed by atoms with Gasteiger partial charge in [-0.15, -0.1) is 11.8 Å². The highest BCUT2D eigenvalue weighted by Crippen LogP contribution is 2.28. The number of aryl methyl sites for hydroxylation is 1. The van der Waals surface area contributed by atoms with Gasteiger partial charge in [0.25, 0.3) is 11.5 Å². The predicted octanol–water partition coefficient (Wildman–Crippen LogP) is 3.65. The highest BCUT2D eigenvalue weighted by atomic mass is 32.2. The summed E-state index contributed by atoms with van der Waals surface area (Å²) in [5, 5.41) is 2.42. The molecule has 0 spiro atoms. The average molecular weight is 423 g/mol. The number of amides is 1. The lowest BCUT2D eigenvalue weighted by Gasteiger charge is -2.13. The van der Waals surface area contributed by atoms with Gasteiger partial charge in [0, 0.05) is 27.9 Å². The standard InChI is InChI=1S/C22H21N3O4S/c1-13-11-19(26)25-20(23-13)15-7-6-8-16(12-15)24-21(27)17-9-4-5-10-18(17)30-14(2)22(28)29-3/h4-12,14H,1-3H3,(H,24,27)(H,23,25,26). The van der Waals surface area contributed by atoms with Crippen LogP contribution in [0.4, 0.5) is 5.69 Å². The van der Waals surface area contributed by atoms with E-state index in [0.29, 0.717) is 33.2 Å². The smallest absolute Gasteiger partial charge is 0.318 e. The van der Waals surface area contributed by atoms with Crippen LogP contribution >= 0.6 is 11.8 Å². The van der Waals surface area contributed by atoms with Gasteiger partial charge in [0.1, 0.15) is 11.1 Å². The maximum absolute atomic E-state index is 12.9. The number of hydrogen-bond donors (Lipinski definition) is 2. The molecule has 0 fully saturated rings. The van der Waals surface area contributed by atoms with Crippen molar-refractivity contribution in [1.82, 2.24) is 9.97 Å². The normalized spacial score (nSPS) is 11.6. The second-order valence-corrected chi connectivity index (χ2v) is 7.93. The van der Waals surface area contributed by atoms with Crippen LogP contribution in [0, 0.1) is 6.92 Å². The van der Waals surface area contributed by atoms with E-state index in [2.05, 4.69) is 15.3 Å². The highest BCUT2D eigenvalue weighted by Gasteiger charge is 2.19. The number of carbonyl (C=O) groups excluding carboxylic acids is 2. The van der Waals surface area contributed by atoms with Crippen LogP contribution in [0.2, 0.25) is 0 Å². The number of methoxy groups -OCH3 is 1. The van der Waals surface area contributed by atoms with E-state index in [-0.39, 0.29) is 17.4 Å².